The number of hydrogen-bond donors (Lipinski definition) is 2. The second-order valence-electron chi connectivity index (χ2n) is 11.0. The van der Waals surface area contributed by atoms with Crippen molar-refractivity contribution in [1.29, 1.82) is 0 Å². The predicted octanol–water partition coefficient (Wildman–Crippen LogP) is 2.98. The van der Waals surface area contributed by atoms with Gasteiger partial charge < -0.3 is 10.6 Å². The normalized spacial score (nSPS) is 23.9. The van der Waals surface area contributed by atoms with Crippen molar-refractivity contribution in [2.75, 3.05) is 6.54 Å². The Bertz CT molecular complexity index is 1610. The number of thiophene rings is 1. The molecule has 0 spiro atoms. The lowest BCUT2D eigenvalue weighted by atomic mass is 9.94. The van der Waals surface area contributed by atoms with E-state index < -0.39 is 29.7 Å². The highest BCUT2D eigenvalue weighted by Gasteiger charge is 2.72. The number of pyridine rings is 2. The molecule has 4 amide bonds. The van der Waals surface area contributed by atoms with Gasteiger partial charge in [-0.1, -0.05) is 13.8 Å². The van der Waals surface area contributed by atoms with Crippen LogP contribution in [0.15, 0.2) is 24.4 Å². The molecule has 1 aliphatic carbocycles. The number of fused-ring (bicyclic) bond motifs is 2. The van der Waals surface area contributed by atoms with Crippen LogP contribution >= 0.6 is 11.3 Å². The highest BCUT2D eigenvalue weighted by Crippen LogP contribution is 2.63. The molecule has 5 heterocycles. The largest absolute Gasteiger partial charge is 0.433 e. The predicted molar refractivity (Wildman–Crippen MR) is 138 cm³/mol. The van der Waals surface area contributed by atoms with Crippen molar-refractivity contribution in [1.82, 2.24) is 25.5 Å². The summed E-state index contributed by atoms with van der Waals surface area (Å²) in [6, 6.07) is 3.22. The van der Waals surface area contributed by atoms with Gasteiger partial charge in [-0.25, -0.2) is 4.98 Å². The molecule has 40 heavy (non-hydrogen) atoms. The number of piperazine rings is 1. The molecule has 0 bridgehead atoms. The second kappa shape index (κ2) is 8.82. The van der Waals surface area contributed by atoms with E-state index in [4.69, 9.17) is 0 Å². The molecule has 0 radical (unpaired) electrons. The SMILES string of the molecule is Cc1cc(C(F)(F)F)nc(-c2ccnc3cc(CN4C(=O)C5C(C4=O)C5(C)C)sc23)c1CC1NC(=O)CNC1=O. The summed E-state index contributed by atoms with van der Waals surface area (Å²) < 4.78 is 42.0. The van der Waals surface area contributed by atoms with Crippen LogP contribution in [-0.2, 0) is 38.3 Å². The average molecular weight is 572 g/mol. The molecule has 2 aliphatic heterocycles. The molecular formula is C27H24F3N5O4S. The zero-order valence-corrected chi connectivity index (χ0v) is 22.5. The van der Waals surface area contributed by atoms with E-state index in [9.17, 15) is 32.3 Å². The fourth-order valence-corrected chi connectivity index (χ4v) is 6.96. The van der Waals surface area contributed by atoms with E-state index in [1.54, 1.807) is 12.1 Å². The van der Waals surface area contributed by atoms with Crippen molar-refractivity contribution in [3.05, 3.63) is 46.1 Å². The van der Waals surface area contributed by atoms with E-state index in [-0.39, 0.29) is 59.8 Å². The third-order valence-corrected chi connectivity index (χ3v) is 9.19. The number of imide groups is 1. The number of aryl methyl sites for hydroxylation is 1. The Morgan fingerprint density at radius 1 is 1.12 bits per heavy atom. The molecule has 3 aromatic rings. The van der Waals surface area contributed by atoms with Gasteiger partial charge in [-0.05, 0) is 41.7 Å². The van der Waals surface area contributed by atoms with Crippen LogP contribution in [-0.4, -0.2) is 51.1 Å². The molecule has 2 saturated heterocycles. The van der Waals surface area contributed by atoms with Gasteiger partial charge in [0.2, 0.25) is 23.6 Å². The quantitative estimate of drug-likeness (QED) is 0.455. The number of aromatic nitrogens is 2. The van der Waals surface area contributed by atoms with E-state index in [1.807, 2.05) is 13.8 Å². The molecule has 9 nitrogen and oxygen atoms in total. The minimum Gasteiger partial charge on any atom is -0.345 e. The van der Waals surface area contributed by atoms with E-state index in [0.717, 1.165) is 6.07 Å². The molecule has 3 aromatic heterocycles. The number of likely N-dealkylation sites (tertiary alicyclic amines) is 1. The number of alkyl halides is 3. The number of halogens is 3. The Hall–Kier alpha value is -3.87. The highest BCUT2D eigenvalue weighted by molar-refractivity contribution is 7.19. The number of nitrogens with one attached hydrogen (secondary N) is 2. The highest BCUT2D eigenvalue weighted by atomic mass is 32.1. The number of rotatable bonds is 5. The summed E-state index contributed by atoms with van der Waals surface area (Å²) in [5, 5.41) is 5.07. The van der Waals surface area contributed by atoms with Crippen LogP contribution in [0.4, 0.5) is 13.2 Å². The summed E-state index contributed by atoms with van der Waals surface area (Å²) in [5.74, 6) is -1.90. The summed E-state index contributed by atoms with van der Waals surface area (Å²) in [5.41, 5.74) is 0.101. The molecule has 6 rings (SSSR count). The molecule has 0 aromatic carbocycles. The lowest BCUT2D eigenvalue weighted by molar-refractivity contribution is -0.144. The third-order valence-electron chi connectivity index (χ3n) is 8.04. The maximum Gasteiger partial charge on any atom is 0.433 e. The summed E-state index contributed by atoms with van der Waals surface area (Å²) in [4.78, 5) is 60.3. The zero-order chi connectivity index (χ0) is 28.7. The fourth-order valence-electron chi connectivity index (χ4n) is 5.84. The third kappa shape index (κ3) is 4.14. The van der Waals surface area contributed by atoms with Crippen LogP contribution in [0.25, 0.3) is 21.5 Å². The van der Waals surface area contributed by atoms with Gasteiger partial charge in [-0.3, -0.25) is 29.1 Å². The Morgan fingerprint density at radius 3 is 2.50 bits per heavy atom. The monoisotopic (exact) mass is 571 g/mol. The Balaban J connectivity index is 1.41. The number of nitrogens with zero attached hydrogens (tertiary/aromatic N) is 3. The Morgan fingerprint density at radius 2 is 1.82 bits per heavy atom. The molecule has 3 fully saturated rings. The van der Waals surface area contributed by atoms with Crippen molar-refractivity contribution >= 4 is 45.2 Å². The number of carbonyl (C=O) groups excluding carboxylic acids is 4. The Kier molecular flexibility index (Phi) is 5.81. The van der Waals surface area contributed by atoms with E-state index in [0.29, 0.717) is 26.2 Å². The van der Waals surface area contributed by atoms with Gasteiger partial charge in [0.25, 0.3) is 0 Å². The number of hydrogen-bond acceptors (Lipinski definition) is 7. The van der Waals surface area contributed by atoms with Crippen molar-refractivity contribution in [2.45, 2.75) is 46.0 Å². The van der Waals surface area contributed by atoms with Gasteiger partial charge in [0.15, 0.2) is 0 Å². The molecule has 1 saturated carbocycles. The van der Waals surface area contributed by atoms with Crippen molar-refractivity contribution in [2.24, 2.45) is 17.3 Å². The first kappa shape index (κ1) is 26.4. The summed E-state index contributed by atoms with van der Waals surface area (Å²) >= 11 is 1.22. The van der Waals surface area contributed by atoms with Crippen LogP contribution in [0.3, 0.4) is 0 Å². The first-order valence-corrected chi connectivity index (χ1v) is 13.5. The van der Waals surface area contributed by atoms with Gasteiger partial charge in [0, 0.05) is 23.1 Å². The molecule has 13 heteroatoms. The van der Waals surface area contributed by atoms with Crippen LogP contribution in [0, 0.1) is 24.2 Å². The number of piperidine rings is 1. The van der Waals surface area contributed by atoms with Gasteiger partial charge in [0.05, 0.1) is 40.8 Å². The fraction of sp³-hybridized carbons (Fsp3) is 0.407. The van der Waals surface area contributed by atoms with E-state index >= 15 is 0 Å². The van der Waals surface area contributed by atoms with Gasteiger partial charge in [-0.2, -0.15) is 13.2 Å². The Labute approximate surface area is 230 Å². The maximum atomic E-state index is 13.8. The first-order chi connectivity index (χ1) is 18.8. The number of carbonyl (C=O) groups is 4. The molecule has 208 valence electrons. The van der Waals surface area contributed by atoms with Crippen LogP contribution in [0.1, 0.15) is 35.5 Å². The van der Waals surface area contributed by atoms with Crippen LogP contribution < -0.4 is 10.6 Å². The van der Waals surface area contributed by atoms with E-state index in [2.05, 4.69) is 20.6 Å². The molecule has 3 aliphatic rings. The van der Waals surface area contributed by atoms with Crippen molar-refractivity contribution in [3.8, 4) is 11.3 Å². The van der Waals surface area contributed by atoms with Crippen LogP contribution in [0.2, 0.25) is 0 Å². The lowest BCUT2D eigenvalue weighted by Crippen LogP contribution is -2.57. The maximum absolute atomic E-state index is 13.8. The summed E-state index contributed by atoms with van der Waals surface area (Å²) in [7, 11) is 0. The van der Waals surface area contributed by atoms with Gasteiger partial charge in [0.1, 0.15) is 11.7 Å². The van der Waals surface area contributed by atoms with E-state index in [1.165, 1.54) is 29.4 Å². The number of amides is 4. The standard InChI is InChI=1S/C27H24F3N5O4S/c1-11-6-17(27(28,29)30)34-21(14(11)8-16-23(37)32-9-18(36)33-16)13-4-5-31-15-7-12(40-22(13)15)10-35-24(38)19-20(25(35)39)26(19,2)3/h4-7,16,19-20H,8-10H2,1-3H3,(H,32,37)(H,33,36). The van der Waals surface area contributed by atoms with Gasteiger partial charge in [-0.15, -0.1) is 11.3 Å². The molecule has 3 unspecified atom stereocenters. The molecule has 3 atom stereocenters. The summed E-state index contributed by atoms with van der Waals surface area (Å²) in [6.45, 7) is 5.19. The second-order valence-corrected chi connectivity index (χ2v) is 12.2. The summed E-state index contributed by atoms with van der Waals surface area (Å²) in [6.07, 6.45) is -3.33. The first-order valence-electron chi connectivity index (χ1n) is 12.6. The van der Waals surface area contributed by atoms with Crippen molar-refractivity contribution < 1.29 is 32.3 Å². The van der Waals surface area contributed by atoms with Crippen LogP contribution in [0.5, 0.6) is 0 Å². The van der Waals surface area contributed by atoms with Crippen molar-refractivity contribution in [3.63, 3.8) is 0 Å². The average Bonchev–Trinajstić information content (AvgIpc) is 3.12. The minimum atomic E-state index is -4.72. The molecule has 2 N–H and O–H groups in total. The molecular weight excluding hydrogens is 547 g/mol. The smallest absolute Gasteiger partial charge is 0.345 e. The topological polar surface area (TPSA) is 121 Å². The zero-order valence-electron chi connectivity index (χ0n) is 21.7. The lowest BCUT2D eigenvalue weighted by Gasteiger charge is -2.25. The minimum absolute atomic E-state index is 0.0251. The van der Waals surface area contributed by atoms with Gasteiger partial charge >= 0.3 is 6.18 Å².